The van der Waals surface area contributed by atoms with Crippen LogP contribution in [0.3, 0.4) is 0 Å². The van der Waals surface area contributed by atoms with Gasteiger partial charge in [0.15, 0.2) is 5.11 Å². The zero-order chi connectivity index (χ0) is 16.0. The summed E-state index contributed by atoms with van der Waals surface area (Å²) >= 11 is 5.23. The predicted octanol–water partition coefficient (Wildman–Crippen LogP) is 2.63. The maximum Gasteiger partial charge on any atom is 0.242 e. The summed E-state index contributed by atoms with van der Waals surface area (Å²) in [5, 5.41) is 3.32. The van der Waals surface area contributed by atoms with Crippen molar-refractivity contribution in [2.45, 2.75) is 20.8 Å². The maximum absolute atomic E-state index is 13.5. The summed E-state index contributed by atoms with van der Waals surface area (Å²) < 4.78 is 13.5. The molecule has 1 amide bonds. The fourth-order valence-corrected chi connectivity index (χ4v) is 2.02. The number of thiocarbonyl (C=S) groups is 1. The highest BCUT2D eigenvalue weighted by Gasteiger charge is 2.14. The molecular formula is C15H22FN3OS. The Hall–Kier alpha value is -1.69. The first kappa shape index (κ1) is 17.4. The van der Waals surface area contributed by atoms with Crippen molar-refractivity contribution >= 4 is 28.9 Å². The van der Waals surface area contributed by atoms with Gasteiger partial charge in [0.1, 0.15) is 5.82 Å². The Kier molecular flexibility index (Phi) is 6.55. The number of benzene rings is 1. The summed E-state index contributed by atoms with van der Waals surface area (Å²) in [6.45, 7) is 7.12. The van der Waals surface area contributed by atoms with Crippen molar-refractivity contribution < 1.29 is 9.18 Å². The van der Waals surface area contributed by atoms with Gasteiger partial charge in [-0.25, -0.2) is 4.39 Å². The number of carbonyl (C=O) groups excluding carboxylic acids is 1. The molecule has 0 radical (unpaired) electrons. The van der Waals surface area contributed by atoms with Gasteiger partial charge in [-0.1, -0.05) is 6.07 Å². The molecule has 0 heterocycles. The van der Waals surface area contributed by atoms with E-state index in [9.17, 15) is 9.18 Å². The molecule has 21 heavy (non-hydrogen) atoms. The predicted molar refractivity (Wildman–Crippen MR) is 87.9 cm³/mol. The molecule has 0 atom stereocenters. The lowest BCUT2D eigenvalue weighted by Crippen LogP contribution is -2.42. The number of hydrogen-bond acceptors (Lipinski definition) is 2. The Balaban J connectivity index is 2.62. The third-order valence-corrected chi connectivity index (χ3v) is 3.67. The van der Waals surface area contributed by atoms with Gasteiger partial charge in [0.25, 0.3) is 0 Å². The van der Waals surface area contributed by atoms with Gasteiger partial charge in [0, 0.05) is 25.8 Å². The van der Waals surface area contributed by atoms with Crippen molar-refractivity contribution in [1.82, 2.24) is 9.80 Å². The van der Waals surface area contributed by atoms with E-state index in [1.807, 2.05) is 13.8 Å². The number of amides is 1. The van der Waals surface area contributed by atoms with Gasteiger partial charge < -0.3 is 15.1 Å². The molecule has 0 aliphatic heterocycles. The van der Waals surface area contributed by atoms with Crippen LogP contribution in [-0.2, 0) is 4.79 Å². The van der Waals surface area contributed by atoms with Crippen molar-refractivity contribution in [1.29, 1.82) is 0 Å². The standard InChI is InChI=1S/C15H22FN3OS/c1-5-19(6-2)14(20)10-18(4)15(21)17-12-8-7-11(3)13(16)9-12/h7-9H,5-6,10H2,1-4H3,(H,17,21). The van der Waals surface area contributed by atoms with Gasteiger partial charge in [-0.15, -0.1) is 0 Å². The average molecular weight is 311 g/mol. The van der Waals surface area contributed by atoms with Gasteiger partial charge in [0.2, 0.25) is 5.91 Å². The van der Waals surface area contributed by atoms with Crippen LogP contribution in [0, 0.1) is 12.7 Å². The van der Waals surface area contributed by atoms with E-state index in [2.05, 4.69) is 5.32 Å². The lowest BCUT2D eigenvalue weighted by atomic mass is 10.2. The highest BCUT2D eigenvalue weighted by atomic mass is 32.1. The molecule has 0 unspecified atom stereocenters. The Morgan fingerprint density at radius 2 is 1.95 bits per heavy atom. The van der Waals surface area contributed by atoms with Gasteiger partial charge in [-0.2, -0.15) is 0 Å². The first-order valence-electron chi connectivity index (χ1n) is 6.95. The summed E-state index contributed by atoms with van der Waals surface area (Å²) in [6.07, 6.45) is 0. The van der Waals surface area contributed by atoms with Crippen LogP contribution in [0.4, 0.5) is 10.1 Å². The molecule has 0 aliphatic carbocycles. The lowest BCUT2D eigenvalue weighted by molar-refractivity contribution is -0.130. The van der Waals surface area contributed by atoms with Crippen LogP contribution < -0.4 is 5.32 Å². The van der Waals surface area contributed by atoms with Gasteiger partial charge >= 0.3 is 0 Å². The minimum atomic E-state index is -0.287. The number of likely N-dealkylation sites (N-methyl/N-ethyl adjacent to an activating group) is 2. The molecule has 0 saturated heterocycles. The van der Waals surface area contributed by atoms with Crippen molar-refractivity contribution in [2.24, 2.45) is 0 Å². The minimum Gasteiger partial charge on any atom is -0.343 e. The highest BCUT2D eigenvalue weighted by molar-refractivity contribution is 7.80. The first-order chi connectivity index (χ1) is 9.88. The summed E-state index contributed by atoms with van der Waals surface area (Å²) in [6, 6.07) is 4.83. The van der Waals surface area contributed by atoms with Crippen LogP contribution in [0.2, 0.25) is 0 Å². The Morgan fingerprint density at radius 3 is 2.48 bits per heavy atom. The second-order valence-corrected chi connectivity index (χ2v) is 5.20. The number of rotatable bonds is 5. The molecule has 0 aromatic heterocycles. The minimum absolute atomic E-state index is 0.0155. The van der Waals surface area contributed by atoms with E-state index >= 15 is 0 Å². The molecule has 1 rings (SSSR count). The van der Waals surface area contributed by atoms with Gasteiger partial charge in [0.05, 0.1) is 6.54 Å². The third kappa shape index (κ3) is 4.97. The Labute approximate surface area is 130 Å². The summed E-state index contributed by atoms with van der Waals surface area (Å²) in [4.78, 5) is 15.4. The number of nitrogens with one attached hydrogen (secondary N) is 1. The molecule has 0 aliphatic rings. The number of halogens is 1. The molecule has 0 fully saturated rings. The average Bonchev–Trinajstić information content (AvgIpc) is 2.44. The number of anilines is 1. The van der Waals surface area contributed by atoms with Crippen LogP contribution in [0.15, 0.2) is 18.2 Å². The van der Waals surface area contributed by atoms with Gasteiger partial charge in [-0.05, 0) is 50.7 Å². The number of aryl methyl sites for hydroxylation is 1. The van der Waals surface area contributed by atoms with E-state index in [-0.39, 0.29) is 18.3 Å². The quantitative estimate of drug-likeness (QED) is 0.848. The molecule has 0 saturated carbocycles. The SMILES string of the molecule is CCN(CC)C(=O)CN(C)C(=S)Nc1ccc(C)c(F)c1. The van der Waals surface area contributed by atoms with Crippen LogP contribution in [0.1, 0.15) is 19.4 Å². The lowest BCUT2D eigenvalue weighted by Gasteiger charge is -2.25. The molecular weight excluding hydrogens is 289 g/mol. The van der Waals surface area contributed by atoms with Crippen molar-refractivity contribution in [3.05, 3.63) is 29.6 Å². The van der Waals surface area contributed by atoms with E-state index in [0.29, 0.717) is 29.5 Å². The van der Waals surface area contributed by atoms with Gasteiger partial charge in [-0.3, -0.25) is 4.79 Å². The molecule has 0 spiro atoms. The van der Waals surface area contributed by atoms with E-state index in [4.69, 9.17) is 12.2 Å². The molecule has 1 aromatic rings. The molecule has 1 N–H and O–H groups in total. The van der Waals surface area contributed by atoms with Crippen molar-refractivity contribution in [3.63, 3.8) is 0 Å². The second-order valence-electron chi connectivity index (χ2n) is 4.82. The zero-order valence-corrected chi connectivity index (χ0v) is 13.8. The molecule has 116 valence electrons. The smallest absolute Gasteiger partial charge is 0.242 e. The first-order valence-corrected chi connectivity index (χ1v) is 7.35. The third-order valence-electron chi connectivity index (χ3n) is 3.26. The zero-order valence-electron chi connectivity index (χ0n) is 12.9. The van der Waals surface area contributed by atoms with E-state index in [1.165, 1.54) is 6.07 Å². The summed E-state index contributed by atoms with van der Waals surface area (Å²) in [5.41, 5.74) is 1.15. The Bertz CT molecular complexity index is 518. The van der Waals surface area contributed by atoms with E-state index < -0.39 is 0 Å². The topological polar surface area (TPSA) is 35.6 Å². The molecule has 4 nitrogen and oxygen atoms in total. The van der Waals surface area contributed by atoms with Crippen molar-refractivity contribution in [2.75, 3.05) is 32.0 Å². The van der Waals surface area contributed by atoms with E-state index in [0.717, 1.165) is 0 Å². The van der Waals surface area contributed by atoms with E-state index in [1.54, 1.807) is 35.9 Å². The fraction of sp³-hybridized carbons (Fsp3) is 0.467. The number of carbonyl (C=O) groups is 1. The largest absolute Gasteiger partial charge is 0.343 e. The summed E-state index contributed by atoms with van der Waals surface area (Å²) in [5.74, 6) is -0.272. The highest BCUT2D eigenvalue weighted by Crippen LogP contribution is 2.14. The fourth-order valence-electron chi connectivity index (χ4n) is 1.84. The van der Waals surface area contributed by atoms with Crippen molar-refractivity contribution in [3.8, 4) is 0 Å². The molecule has 6 heteroatoms. The van der Waals surface area contributed by atoms with Crippen LogP contribution in [0.5, 0.6) is 0 Å². The van der Waals surface area contributed by atoms with Crippen LogP contribution in [-0.4, -0.2) is 47.5 Å². The van der Waals surface area contributed by atoms with Crippen LogP contribution >= 0.6 is 12.2 Å². The van der Waals surface area contributed by atoms with Crippen LogP contribution in [0.25, 0.3) is 0 Å². The molecule has 1 aromatic carbocycles. The summed E-state index contributed by atoms with van der Waals surface area (Å²) in [7, 11) is 1.74. The second kappa shape index (κ2) is 7.93. The number of hydrogen-bond donors (Lipinski definition) is 1. The Morgan fingerprint density at radius 1 is 1.33 bits per heavy atom. The maximum atomic E-state index is 13.5. The molecule has 0 bridgehead atoms. The monoisotopic (exact) mass is 311 g/mol. The normalized spacial score (nSPS) is 10.1. The number of nitrogens with zero attached hydrogens (tertiary/aromatic N) is 2.